The Morgan fingerprint density at radius 3 is 2.27 bits per heavy atom. The van der Waals surface area contributed by atoms with Gasteiger partial charge in [-0.3, -0.25) is 14.7 Å². The molecule has 6 heteroatoms. The molecule has 2 heterocycles. The number of nitrogens with zero attached hydrogens (tertiary/aromatic N) is 4. The van der Waals surface area contributed by atoms with E-state index < -0.39 is 5.91 Å². The van der Waals surface area contributed by atoms with Crippen molar-refractivity contribution in [1.29, 1.82) is 5.26 Å². The van der Waals surface area contributed by atoms with Gasteiger partial charge < -0.3 is 10.6 Å². The maximum absolute atomic E-state index is 11.4. The lowest BCUT2D eigenvalue weighted by Crippen LogP contribution is -2.48. The van der Waals surface area contributed by atoms with Gasteiger partial charge in [0, 0.05) is 44.1 Å². The number of primary amides is 1. The average molecular weight is 397 g/mol. The van der Waals surface area contributed by atoms with Crippen molar-refractivity contribution in [3.8, 4) is 6.07 Å². The van der Waals surface area contributed by atoms with E-state index in [0.29, 0.717) is 11.1 Å². The summed E-state index contributed by atoms with van der Waals surface area (Å²) in [7, 11) is 0. The van der Waals surface area contributed by atoms with E-state index in [1.807, 2.05) is 24.5 Å². The van der Waals surface area contributed by atoms with E-state index in [4.69, 9.17) is 5.73 Å². The molecule has 1 atom stereocenters. The van der Waals surface area contributed by atoms with E-state index in [9.17, 15) is 10.1 Å². The number of carbonyl (C=O) groups is 1. The second-order valence-corrected chi connectivity index (χ2v) is 7.32. The summed E-state index contributed by atoms with van der Waals surface area (Å²) < 4.78 is 0. The lowest BCUT2D eigenvalue weighted by atomic mass is 9.97. The molecule has 150 valence electrons. The van der Waals surface area contributed by atoms with Crippen molar-refractivity contribution in [2.75, 3.05) is 31.1 Å². The minimum atomic E-state index is -0.522. The van der Waals surface area contributed by atoms with Crippen molar-refractivity contribution in [3.05, 3.63) is 95.3 Å². The monoisotopic (exact) mass is 397 g/mol. The van der Waals surface area contributed by atoms with Crippen molar-refractivity contribution in [2.24, 2.45) is 5.73 Å². The minimum Gasteiger partial charge on any atom is -0.368 e. The number of rotatable bonds is 5. The van der Waals surface area contributed by atoms with E-state index in [0.717, 1.165) is 31.9 Å². The highest BCUT2D eigenvalue weighted by atomic mass is 16.1. The zero-order chi connectivity index (χ0) is 20.9. The highest BCUT2D eigenvalue weighted by Crippen LogP contribution is 2.31. The van der Waals surface area contributed by atoms with E-state index >= 15 is 0 Å². The van der Waals surface area contributed by atoms with Gasteiger partial charge in [0.1, 0.15) is 6.07 Å². The van der Waals surface area contributed by atoms with Crippen LogP contribution in [0.15, 0.2) is 73.1 Å². The molecule has 2 aromatic carbocycles. The summed E-state index contributed by atoms with van der Waals surface area (Å²) in [5.74, 6) is -0.522. The standard InChI is InChI=1S/C24H23N5O/c25-17-21-16-20(24(26)30)6-7-22(21)28-12-14-29(15-13-28)23(18-4-2-1-3-5-18)19-8-10-27-11-9-19/h1-11,16,23H,12-15H2,(H2,26,30). The maximum atomic E-state index is 11.4. The van der Waals surface area contributed by atoms with Gasteiger partial charge in [-0.25, -0.2) is 0 Å². The molecule has 1 amide bonds. The van der Waals surface area contributed by atoms with Gasteiger partial charge in [-0.2, -0.15) is 5.26 Å². The van der Waals surface area contributed by atoms with E-state index in [1.165, 1.54) is 11.1 Å². The number of aromatic nitrogens is 1. The number of piperazine rings is 1. The highest BCUT2D eigenvalue weighted by molar-refractivity contribution is 5.93. The molecule has 0 radical (unpaired) electrons. The van der Waals surface area contributed by atoms with E-state index in [-0.39, 0.29) is 6.04 Å². The quantitative estimate of drug-likeness (QED) is 0.715. The third-order valence-electron chi connectivity index (χ3n) is 5.56. The van der Waals surface area contributed by atoms with Gasteiger partial charge in [-0.1, -0.05) is 30.3 Å². The molecular weight excluding hydrogens is 374 g/mol. The number of hydrogen-bond acceptors (Lipinski definition) is 5. The molecule has 0 spiro atoms. The SMILES string of the molecule is N#Cc1cc(C(N)=O)ccc1N1CCN(C(c2ccccc2)c2ccncc2)CC1. The van der Waals surface area contributed by atoms with E-state index in [2.05, 4.69) is 57.3 Å². The average Bonchev–Trinajstić information content (AvgIpc) is 2.81. The fourth-order valence-electron chi connectivity index (χ4n) is 4.07. The van der Waals surface area contributed by atoms with Crippen LogP contribution in [0.4, 0.5) is 5.69 Å². The van der Waals surface area contributed by atoms with Gasteiger partial charge in [-0.15, -0.1) is 0 Å². The Balaban J connectivity index is 1.56. The van der Waals surface area contributed by atoms with Crippen molar-refractivity contribution in [1.82, 2.24) is 9.88 Å². The smallest absolute Gasteiger partial charge is 0.248 e. The summed E-state index contributed by atoms with van der Waals surface area (Å²) in [5.41, 5.74) is 9.51. The van der Waals surface area contributed by atoms with Gasteiger partial charge in [0.25, 0.3) is 0 Å². The molecule has 1 fully saturated rings. The first-order chi connectivity index (χ1) is 14.7. The summed E-state index contributed by atoms with van der Waals surface area (Å²) in [6.45, 7) is 3.28. The largest absolute Gasteiger partial charge is 0.368 e. The zero-order valence-electron chi connectivity index (χ0n) is 16.6. The first-order valence-electron chi connectivity index (χ1n) is 9.95. The predicted octanol–water partition coefficient (Wildman–Crippen LogP) is 2.96. The Hall–Kier alpha value is -3.69. The lowest BCUT2D eigenvalue weighted by molar-refractivity contribution is 0.100. The molecule has 30 heavy (non-hydrogen) atoms. The second-order valence-electron chi connectivity index (χ2n) is 7.32. The molecule has 1 unspecified atom stereocenters. The normalized spacial score (nSPS) is 15.4. The first kappa shape index (κ1) is 19.6. The summed E-state index contributed by atoms with van der Waals surface area (Å²) in [6, 6.07) is 22.1. The molecule has 2 N–H and O–H groups in total. The number of pyridine rings is 1. The predicted molar refractivity (Wildman–Crippen MR) is 116 cm³/mol. The third kappa shape index (κ3) is 4.02. The van der Waals surface area contributed by atoms with Crippen LogP contribution in [0, 0.1) is 11.3 Å². The molecule has 1 aliphatic heterocycles. The third-order valence-corrected chi connectivity index (χ3v) is 5.56. The number of nitrogens with two attached hydrogens (primary N) is 1. The van der Waals surface area contributed by atoms with Crippen LogP contribution < -0.4 is 10.6 Å². The molecule has 0 aliphatic carbocycles. The van der Waals surface area contributed by atoms with Crippen LogP contribution in [0.2, 0.25) is 0 Å². The Morgan fingerprint density at radius 2 is 1.63 bits per heavy atom. The molecule has 6 nitrogen and oxygen atoms in total. The van der Waals surface area contributed by atoms with Crippen LogP contribution in [0.25, 0.3) is 0 Å². The van der Waals surface area contributed by atoms with Crippen molar-refractivity contribution >= 4 is 11.6 Å². The Bertz CT molecular complexity index is 1010. The molecule has 0 bridgehead atoms. The van der Waals surface area contributed by atoms with Crippen LogP contribution in [0.3, 0.4) is 0 Å². The zero-order valence-corrected chi connectivity index (χ0v) is 16.6. The molecule has 4 rings (SSSR count). The fraction of sp³-hybridized carbons (Fsp3) is 0.208. The fourth-order valence-corrected chi connectivity index (χ4v) is 4.07. The van der Waals surface area contributed by atoms with Gasteiger partial charge in [0.05, 0.1) is 17.3 Å². The maximum Gasteiger partial charge on any atom is 0.248 e. The van der Waals surface area contributed by atoms with E-state index in [1.54, 1.807) is 12.1 Å². The van der Waals surface area contributed by atoms with Gasteiger partial charge in [-0.05, 0) is 41.5 Å². The summed E-state index contributed by atoms with van der Waals surface area (Å²) in [5, 5.41) is 9.55. The van der Waals surface area contributed by atoms with Crippen molar-refractivity contribution < 1.29 is 4.79 Å². The molecule has 0 saturated carbocycles. The molecule has 1 aromatic heterocycles. The van der Waals surface area contributed by atoms with Crippen LogP contribution in [-0.2, 0) is 0 Å². The summed E-state index contributed by atoms with van der Waals surface area (Å²) in [4.78, 5) is 20.3. The Labute approximate surface area is 176 Å². The summed E-state index contributed by atoms with van der Waals surface area (Å²) in [6.07, 6.45) is 3.67. The topological polar surface area (TPSA) is 86.2 Å². The van der Waals surface area contributed by atoms with Crippen molar-refractivity contribution in [3.63, 3.8) is 0 Å². The highest BCUT2D eigenvalue weighted by Gasteiger charge is 2.27. The number of carbonyl (C=O) groups excluding carboxylic acids is 1. The number of hydrogen-bond donors (Lipinski definition) is 1. The number of nitriles is 1. The van der Waals surface area contributed by atoms with Crippen LogP contribution >= 0.6 is 0 Å². The lowest BCUT2D eigenvalue weighted by Gasteiger charge is -2.41. The van der Waals surface area contributed by atoms with Gasteiger partial charge >= 0.3 is 0 Å². The Morgan fingerprint density at radius 1 is 0.967 bits per heavy atom. The van der Waals surface area contributed by atoms with Crippen molar-refractivity contribution in [2.45, 2.75) is 6.04 Å². The molecule has 1 saturated heterocycles. The molecule has 3 aromatic rings. The Kier molecular flexibility index (Phi) is 5.73. The second kappa shape index (κ2) is 8.76. The minimum absolute atomic E-state index is 0.157. The van der Waals surface area contributed by atoms with Crippen LogP contribution in [-0.4, -0.2) is 42.0 Å². The van der Waals surface area contributed by atoms with Gasteiger partial charge in [0.2, 0.25) is 5.91 Å². The van der Waals surface area contributed by atoms with Gasteiger partial charge in [0.15, 0.2) is 0 Å². The molecular formula is C24H23N5O. The first-order valence-corrected chi connectivity index (χ1v) is 9.95. The number of amides is 1. The number of anilines is 1. The molecule has 1 aliphatic rings. The van der Waals surface area contributed by atoms with Crippen LogP contribution in [0.1, 0.15) is 33.1 Å². The van der Waals surface area contributed by atoms with Crippen LogP contribution in [0.5, 0.6) is 0 Å². The number of benzene rings is 2. The summed E-state index contributed by atoms with van der Waals surface area (Å²) >= 11 is 0.